The van der Waals surface area contributed by atoms with Gasteiger partial charge >= 0.3 is 0 Å². The standard InChI is InChI=1S/C21H27N5O/c1-15-14-19(25-21(22-15)24-16-6-2-3-7-16)20(27)23-17-8-10-18(11-9-17)26-12-4-5-13-26/h8-11,14,16H,2-7,12-13H2,1H3,(H,23,27)(H,22,24,25). The first-order valence-electron chi connectivity index (χ1n) is 9.96. The minimum atomic E-state index is -0.205. The Morgan fingerprint density at radius 1 is 1.04 bits per heavy atom. The van der Waals surface area contributed by atoms with Crippen LogP contribution in [0.1, 0.15) is 54.7 Å². The predicted molar refractivity (Wildman–Crippen MR) is 108 cm³/mol. The molecular formula is C21H27N5O. The lowest BCUT2D eigenvalue weighted by Gasteiger charge is -2.17. The van der Waals surface area contributed by atoms with E-state index in [4.69, 9.17) is 0 Å². The van der Waals surface area contributed by atoms with Gasteiger partial charge in [-0.3, -0.25) is 4.79 Å². The van der Waals surface area contributed by atoms with Crippen molar-refractivity contribution in [2.24, 2.45) is 0 Å². The molecule has 1 amide bonds. The SMILES string of the molecule is Cc1cc(C(=O)Nc2ccc(N3CCCC3)cc2)nc(NC2CCCC2)n1. The fourth-order valence-corrected chi connectivity index (χ4v) is 3.93. The van der Waals surface area contributed by atoms with E-state index in [1.165, 1.54) is 31.4 Å². The van der Waals surface area contributed by atoms with Crippen LogP contribution in [0, 0.1) is 6.92 Å². The molecule has 2 heterocycles. The molecule has 0 bridgehead atoms. The molecule has 2 N–H and O–H groups in total. The molecule has 2 fully saturated rings. The summed E-state index contributed by atoms with van der Waals surface area (Å²) < 4.78 is 0. The van der Waals surface area contributed by atoms with Crippen molar-refractivity contribution in [1.29, 1.82) is 0 Å². The van der Waals surface area contributed by atoms with Crippen molar-refractivity contribution < 1.29 is 4.79 Å². The topological polar surface area (TPSA) is 70.2 Å². The quantitative estimate of drug-likeness (QED) is 0.838. The van der Waals surface area contributed by atoms with Crippen LogP contribution in [-0.2, 0) is 0 Å². The van der Waals surface area contributed by atoms with Gasteiger partial charge in [-0.1, -0.05) is 12.8 Å². The summed E-state index contributed by atoms with van der Waals surface area (Å²) in [4.78, 5) is 23.9. The molecule has 1 saturated heterocycles. The van der Waals surface area contributed by atoms with Crippen LogP contribution >= 0.6 is 0 Å². The molecule has 0 atom stereocenters. The summed E-state index contributed by atoms with van der Waals surface area (Å²) in [6.45, 7) is 4.12. The van der Waals surface area contributed by atoms with Crippen molar-refractivity contribution in [3.63, 3.8) is 0 Å². The van der Waals surface area contributed by atoms with Gasteiger partial charge in [0.1, 0.15) is 5.69 Å². The number of amides is 1. The van der Waals surface area contributed by atoms with Crippen molar-refractivity contribution in [2.45, 2.75) is 51.5 Å². The Morgan fingerprint density at radius 3 is 2.44 bits per heavy atom. The van der Waals surface area contributed by atoms with Crippen molar-refractivity contribution in [1.82, 2.24) is 9.97 Å². The molecule has 1 aromatic carbocycles. The minimum Gasteiger partial charge on any atom is -0.372 e. The zero-order chi connectivity index (χ0) is 18.6. The van der Waals surface area contributed by atoms with E-state index in [-0.39, 0.29) is 5.91 Å². The highest BCUT2D eigenvalue weighted by molar-refractivity contribution is 6.03. The summed E-state index contributed by atoms with van der Waals surface area (Å²) in [6, 6.07) is 10.2. The summed E-state index contributed by atoms with van der Waals surface area (Å²) >= 11 is 0. The number of carbonyl (C=O) groups excluding carboxylic acids is 1. The van der Waals surface area contributed by atoms with Crippen LogP contribution < -0.4 is 15.5 Å². The van der Waals surface area contributed by atoms with Gasteiger partial charge in [-0.25, -0.2) is 9.97 Å². The third kappa shape index (κ3) is 4.38. The second-order valence-corrected chi connectivity index (χ2v) is 7.54. The molecule has 0 spiro atoms. The Labute approximate surface area is 160 Å². The summed E-state index contributed by atoms with van der Waals surface area (Å²) in [5.74, 6) is 0.348. The van der Waals surface area contributed by atoms with Crippen LogP contribution in [0.4, 0.5) is 17.3 Å². The molecule has 1 saturated carbocycles. The Morgan fingerprint density at radius 2 is 1.74 bits per heavy atom. The van der Waals surface area contributed by atoms with Crippen LogP contribution in [0.25, 0.3) is 0 Å². The average molecular weight is 365 g/mol. The zero-order valence-electron chi connectivity index (χ0n) is 15.9. The third-order valence-electron chi connectivity index (χ3n) is 5.37. The lowest BCUT2D eigenvalue weighted by atomic mass is 10.2. The molecule has 6 heteroatoms. The zero-order valence-corrected chi connectivity index (χ0v) is 15.9. The van der Waals surface area contributed by atoms with Crippen molar-refractivity contribution in [3.8, 4) is 0 Å². The van der Waals surface area contributed by atoms with Crippen molar-refractivity contribution >= 4 is 23.2 Å². The third-order valence-corrected chi connectivity index (χ3v) is 5.37. The molecule has 1 aliphatic carbocycles. The van der Waals surface area contributed by atoms with E-state index in [9.17, 15) is 4.79 Å². The number of rotatable bonds is 5. The molecule has 27 heavy (non-hydrogen) atoms. The number of aryl methyl sites for hydroxylation is 1. The van der Waals surface area contributed by atoms with Gasteiger partial charge in [-0.05, 0) is 62.9 Å². The number of nitrogens with one attached hydrogen (secondary N) is 2. The van der Waals surface area contributed by atoms with E-state index in [2.05, 4.69) is 37.6 Å². The van der Waals surface area contributed by atoms with Gasteiger partial charge in [0.05, 0.1) is 0 Å². The highest BCUT2D eigenvalue weighted by Gasteiger charge is 2.18. The Hall–Kier alpha value is -2.63. The lowest BCUT2D eigenvalue weighted by molar-refractivity contribution is 0.102. The van der Waals surface area contributed by atoms with E-state index >= 15 is 0 Å². The fourth-order valence-electron chi connectivity index (χ4n) is 3.93. The summed E-state index contributed by atoms with van der Waals surface area (Å²) in [5.41, 5.74) is 3.18. The molecule has 1 aromatic heterocycles. The van der Waals surface area contributed by atoms with E-state index in [0.29, 0.717) is 17.7 Å². The molecule has 2 aromatic rings. The summed E-state index contributed by atoms with van der Waals surface area (Å²) in [5, 5.41) is 6.32. The van der Waals surface area contributed by atoms with Gasteiger partial charge in [0.25, 0.3) is 5.91 Å². The van der Waals surface area contributed by atoms with Crippen LogP contribution in [0.2, 0.25) is 0 Å². The number of anilines is 3. The van der Waals surface area contributed by atoms with Crippen LogP contribution in [-0.4, -0.2) is 35.0 Å². The van der Waals surface area contributed by atoms with Crippen molar-refractivity contribution in [2.75, 3.05) is 28.6 Å². The first kappa shape index (κ1) is 17.8. The molecular weight excluding hydrogens is 338 g/mol. The lowest BCUT2D eigenvalue weighted by Crippen LogP contribution is -2.20. The van der Waals surface area contributed by atoms with E-state index in [1.54, 1.807) is 6.07 Å². The second-order valence-electron chi connectivity index (χ2n) is 7.54. The summed E-state index contributed by atoms with van der Waals surface area (Å²) in [7, 11) is 0. The average Bonchev–Trinajstić information content (AvgIpc) is 3.36. The van der Waals surface area contributed by atoms with Crippen LogP contribution in [0.15, 0.2) is 30.3 Å². The van der Waals surface area contributed by atoms with Gasteiger partial charge in [0, 0.05) is 36.2 Å². The molecule has 142 valence electrons. The van der Waals surface area contributed by atoms with E-state index in [1.807, 2.05) is 19.1 Å². The first-order valence-corrected chi connectivity index (χ1v) is 9.96. The maximum absolute atomic E-state index is 12.7. The largest absolute Gasteiger partial charge is 0.372 e. The normalized spacial score (nSPS) is 17.3. The highest BCUT2D eigenvalue weighted by Crippen LogP contribution is 2.23. The van der Waals surface area contributed by atoms with Gasteiger partial charge < -0.3 is 15.5 Å². The van der Waals surface area contributed by atoms with Crippen LogP contribution in [0.3, 0.4) is 0 Å². The Balaban J connectivity index is 1.43. The second kappa shape index (κ2) is 7.94. The monoisotopic (exact) mass is 365 g/mol. The first-order chi connectivity index (χ1) is 13.2. The minimum absolute atomic E-state index is 0.205. The molecule has 1 aliphatic heterocycles. The van der Waals surface area contributed by atoms with Gasteiger partial charge in [-0.2, -0.15) is 0 Å². The van der Waals surface area contributed by atoms with Gasteiger partial charge in [0.2, 0.25) is 5.95 Å². The summed E-state index contributed by atoms with van der Waals surface area (Å²) in [6.07, 6.45) is 7.27. The molecule has 4 rings (SSSR count). The number of benzene rings is 1. The van der Waals surface area contributed by atoms with E-state index in [0.717, 1.165) is 37.3 Å². The molecule has 0 radical (unpaired) electrons. The van der Waals surface area contributed by atoms with Crippen molar-refractivity contribution in [3.05, 3.63) is 41.7 Å². The maximum Gasteiger partial charge on any atom is 0.274 e. The smallest absolute Gasteiger partial charge is 0.274 e. The number of aromatic nitrogens is 2. The molecule has 2 aliphatic rings. The maximum atomic E-state index is 12.7. The molecule has 6 nitrogen and oxygen atoms in total. The van der Waals surface area contributed by atoms with Gasteiger partial charge in [0.15, 0.2) is 0 Å². The number of nitrogens with zero attached hydrogens (tertiary/aromatic N) is 3. The predicted octanol–water partition coefficient (Wildman–Crippen LogP) is 3.99. The van der Waals surface area contributed by atoms with E-state index < -0.39 is 0 Å². The number of hydrogen-bond acceptors (Lipinski definition) is 5. The number of hydrogen-bond donors (Lipinski definition) is 2. The fraction of sp³-hybridized carbons (Fsp3) is 0.476. The Kier molecular flexibility index (Phi) is 5.23. The van der Waals surface area contributed by atoms with Gasteiger partial charge in [-0.15, -0.1) is 0 Å². The molecule has 0 unspecified atom stereocenters. The highest BCUT2D eigenvalue weighted by atomic mass is 16.1. The Bertz CT molecular complexity index is 793. The number of carbonyl (C=O) groups is 1. The van der Waals surface area contributed by atoms with Crippen LogP contribution in [0.5, 0.6) is 0 Å².